The summed E-state index contributed by atoms with van der Waals surface area (Å²) in [6, 6.07) is 15.1. The smallest absolute Gasteiger partial charge is 0.224 e. The lowest BCUT2D eigenvalue weighted by atomic mass is 9.99. The van der Waals surface area contributed by atoms with Crippen LogP contribution in [0.3, 0.4) is 0 Å². The van der Waals surface area contributed by atoms with Gasteiger partial charge in [0.1, 0.15) is 0 Å². The van der Waals surface area contributed by atoms with Crippen molar-refractivity contribution in [2.45, 2.75) is 24.3 Å². The quantitative estimate of drug-likeness (QED) is 0.511. The lowest BCUT2D eigenvalue weighted by Crippen LogP contribution is -2.46. The molecule has 2 aromatic rings. The number of halogens is 2. The van der Waals surface area contributed by atoms with Gasteiger partial charge in [0, 0.05) is 46.7 Å². The monoisotopic (exact) mass is 500 g/mol. The van der Waals surface area contributed by atoms with E-state index in [1.54, 1.807) is 30.0 Å². The van der Waals surface area contributed by atoms with Crippen molar-refractivity contribution in [3.8, 4) is 0 Å². The summed E-state index contributed by atoms with van der Waals surface area (Å²) in [5.74, 6) is 1.01. The molecule has 1 aliphatic heterocycles. The molecular formula is C22H26Cl2N2O3S2. The molecule has 5 nitrogen and oxygen atoms in total. The van der Waals surface area contributed by atoms with Crippen LogP contribution in [0.25, 0.3) is 0 Å². The summed E-state index contributed by atoms with van der Waals surface area (Å²) in [4.78, 5) is 12.6. The summed E-state index contributed by atoms with van der Waals surface area (Å²) in [6.07, 6.45) is 1.33. The summed E-state index contributed by atoms with van der Waals surface area (Å²) in [7, 11) is -3.63. The van der Waals surface area contributed by atoms with Gasteiger partial charge in [0.05, 0.1) is 11.7 Å². The molecule has 0 spiro atoms. The van der Waals surface area contributed by atoms with Gasteiger partial charge < -0.3 is 5.32 Å². The maximum Gasteiger partial charge on any atom is 0.224 e. The van der Waals surface area contributed by atoms with Gasteiger partial charge in [0.15, 0.2) is 0 Å². The summed E-state index contributed by atoms with van der Waals surface area (Å²) in [5.41, 5.74) is 1.65. The van der Waals surface area contributed by atoms with Gasteiger partial charge in [-0.3, -0.25) is 4.79 Å². The number of carbonyl (C=O) groups excluding carboxylic acids is 1. The van der Waals surface area contributed by atoms with Crippen molar-refractivity contribution in [2.75, 3.05) is 25.4 Å². The van der Waals surface area contributed by atoms with Gasteiger partial charge >= 0.3 is 0 Å². The summed E-state index contributed by atoms with van der Waals surface area (Å²) >= 11 is 14.0. The van der Waals surface area contributed by atoms with Crippen LogP contribution in [0.2, 0.25) is 10.0 Å². The molecule has 0 aliphatic carbocycles. The SMILES string of the molecule is O=C(NCCSCc1ccccc1)C1CCCN(S(=O)(=O)Cc2c(Cl)cccc2Cl)C1. The molecule has 3 rings (SSSR count). The third-order valence-electron chi connectivity index (χ3n) is 5.19. The zero-order valence-electron chi connectivity index (χ0n) is 17.1. The molecule has 1 amide bonds. The first-order chi connectivity index (χ1) is 14.9. The van der Waals surface area contributed by atoms with Gasteiger partial charge in [0.2, 0.25) is 15.9 Å². The number of nitrogens with zero attached hydrogens (tertiary/aromatic N) is 1. The molecule has 0 aromatic heterocycles. The van der Waals surface area contributed by atoms with Crippen LogP contribution in [0.5, 0.6) is 0 Å². The number of piperidine rings is 1. The van der Waals surface area contributed by atoms with E-state index in [4.69, 9.17) is 23.2 Å². The molecule has 0 radical (unpaired) electrons. The zero-order valence-corrected chi connectivity index (χ0v) is 20.2. The van der Waals surface area contributed by atoms with Gasteiger partial charge in [-0.1, -0.05) is 59.6 Å². The van der Waals surface area contributed by atoms with Crippen molar-refractivity contribution in [2.24, 2.45) is 5.92 Å². The normalized spacial score (nSPS) is 17.4. The second-order valence-electron chi connectivity index (χ2n) is 7.48. The lowest BCUT2D eigenvalue weighted by molar-refractivity contribution is -0.125. The van der Waals surface area contributed by atoms with E-state index in [2.05, 4.69) is 17.4 Å². The topological polar surface area (TPSA) is 66.5 Å². The molecule has 1 atom stereocenters. The van der Waals surface area contributed by atoms with E-state index in [1.165, 1.54) is 9.87 Å². The van der Waals surface area contributed by atoms with Gasteiger partial charge in [-0.25, -0.2) is 12.7 Å². The fraction of sp³-hybridized carbons (Fsp3) is 0.409. The largest absolute Gasteiger partial charge is 0.355 e. The summed E-state index contributed by atoms with van der Waals surface area (Å²) in [5, 5.41) is 3.61. The van der Waals surface area contributed by atoms with Crippen LogP contribution >= 0.6 is 35.0 Å². The van der Waals surface area contributed by atoms with Crippen molar-refractivity contribution in [3.63, 3.8) is 0 Å². The number of hydrogen-bond donors (Lipinski definition) is 1. The maximum absolute atomic E-state index is 12.9. The molecule has 1 unspecified atom stereocenters. The molecule has 31 heavy (non-hydrogen) atoms. The average Bonchev–Trinajstić information content (AvgIpc) is 2.77. The molecule has 9 heteroatoms. The highest BCUT2D eigenvalue weighted by Gasteiger charge is 2.33. The van der Waals surface area contributed by atoms with E-state index in [0.29, 0.717) is 41.5 Å². The lowest BCUT2D eigenvalue weighted by Gasteiger charge is -2.31. The Morgan fingerprint density at radius 1 is 1.10 bits per heavy atom. The van der Waals surface area contributed by atoms with Crippen LogP contribution < -0.4 is 5.32 Å². The Balaban J connectivity index is 1.48. The van der Waals surface area contributed by atoms with E-state index >= 15 is 0 Å². The Labute approximate surface area is 198 Å². The van der Waals surface area contributed by atoms with Gasteiger partial charge in [-0.15, -0.1) is 0 Å². The average molecular weight is 502 g/mol. The highest BCUT2D eigenvalue weighted by molar-refractivity contribution is 7.98. The number of sulfonamides is 1. The molecule has 1 N–H and O–H groups in total. The number of amides is 1. The molecule has 1 saturated heterocycles. The first-order valence-corrected chi connectivity index (χ1v) is 13.7. The predicted octanol–water partition coefficient (Wildman–Crippen LogP) is 4.58. The molecular weight excluding hydrogens is 475 g/mol. The number of rotatable bonds is 9. The molecule has 1 aliphatic rings. The number of benzene rings is 2. The Morgan fingerprint density at radius 3 is 2.52 bits per heavy atom. The Kier molecular flexibility index (Phi) is 9.10. The molecule has 2 aromatic carbocycles. The summed E-state index contributed by atoms with van der Waals surface area (Å²) in [6.45, 7) is 1.16. The highest BCUT2D eigenvalue weighted by atomic mass is 35.5. The Hall–Kier alpha value is -1.25. The van der Waals surface area contributed by atoms with Crippen LogP contribution in [0.1, 0.15) is 24.0 Å². The zero-order chi connectivity index (χ0) is 22.3. The van der Waals surface area contributed by atoms with Gasteiger partial charge in [0.25, 0.3) is 0 Å². The van der Waals surface area contributed by atoms with E-state index in [-0.39, 0.29) is 24.1 Å². The van der Waals surface area contributed by atoms with Crippen LogP contribution in [-0.2, 0) is 26.3 Å². The fourth-order valence-corrected chi connectivity index (χ4v) is 6.69. The van der Waals surface area contributed by atoms with Crippen LogP contribution in [0.15, 0.2) is 48.5 Å². The maximum atomic E-state index is 12.9. The van der Waals surface area contributed by atoms with E-state index < -0.39 is 10.0 Å². The van der Waals surface area contributed by atoms with Gasteiger partial charge in [-0.05, 0) is 30.5 Å². The standard InChI is InChI=1S/C22H26Cl2N2O3S2/c23-20-9-4-10-21(24)19(20)16-31(28,29)26-12-5-8-18(14-26)22(27)25-11-13-30-15-17-6-2-1-3-7-17/h1-4,6-7,9-10,18H,5,8,11-16H2,(H,25,27). The molecule has 1 fully saturated rings. The van der Waals surface area contributed by atoms with Gasteiger partial charge in [-0.2, -0.15) is 11.8 Å². The van der Waals surface area contributed by atoms with E-state index in [0.717, 1.165) is 11.5 Å². The third kappa shape index (κ3) is 7.12. The Bertz CT molecular complexity index is 967. The first-order valence-electron chi connectivity index (χ1n) is 10.2. The van der Waals surface area contributed by atoms with Crippen molar-refractivity contribution < 1.29 is 13.2 Å². The van der Waals surface area contributed by atoms with Crippen molar-refractivity contribution in [3.05, 3.63) is 69.7 Å². The summed E-state index contributed by atoms with van der Waals surface area (Å²) < 4.78 is 27.3. The van der Waals surface area contributed by atoms with E-state index in [9.17, 15) is 13.2 Å². The fourth-order valence-electron chi connectivity index (χ4n) is 3.51. The second-order valence-corrected chi connectivity index (χ2v) is 11.4. The minimum absolute atomic E-state index is 0.0870. The number of hydrogen-bond acceptors (Lipinski definition) is 4. The third-order valence-corrected chi connectivity index (χ3v) is 8.70. The van der Waals surface area contributed by atoms with Crippen LogP contribution in [-0.4, -0.2) is 44.0 Å². The predicted molar refractivity (Wildman–Crippen MR) is 129 cm³/mol. The van der Waals surface area contributed by atoms with Crippen LogP contribution in [0.4, 0.5) is 0 Å². The Morgan fingerprint density at radius 2 is 1.81 bits per heavy atom. The first kappa shape index (κ1) is 24.4. The second kappa shape index (κ2) is 11.6. The number of carbonyl (C=O) groups is 1. The molecule has 0 saturated carbocycles. The number of nitrogens with one attached hydrogen (secondary N) is 1. The molecule has 0 bridgehead atoms. The van der Waals surface area contributed by atoms with Crippen LogP contribution in [0, 0.1) is 5.92 Å². The van der Waals surface area contributed by atoms with Crippen molar-refractivity contribution in [1.29, 1.82) is 0 Å². The van der Waals surface area contributed by atoms with Crippen molar-refractivity contribution in [1.82, 2.24) is 9.62 Å². The molecule has 168 valence electrons. The number of thioether (sulfide) groups is 1. The van der Waals surface area contributed by atoms with Crippen molar-refractivity contribution >= 4 is 50.9 Å². The molecule has 1 heterocycles. The minimum Gasteiger partial charge on any atom is -0.355 e. The van der Waals surface area contributed by atoms with E-state index in [1.807, 2.05) is 18.2 Å². The highest BCUT2D eigenvalue weighted by Crippen LogP contribution is 2.29. The minimum atomic E-state index is -3.63.